The van der Waals surface area contributed by atoms with Crippen LogP contribution in [0.1, 0.15) is 43.3 Å². The Morgan fingerprint density at radius 1 is 1.13 bits per heavy atom. The number of aromatic nitrogens is 1. The molecule has 4 amide bonds. The highest BCUT2D eigenvalue weighted by molar-refractivity contribution is 7.99. The molecular weight excluding hydrogens is 504 g/mol. The van der Waals surface area contributed by atoms with E-state index >= 15 is 0 Å². The molecule has 1 saturated heterocycles. The number of unbranched alkanes of at least 4 members (excludes halogenated alkanes) is 2. The van der Waals surface area contributed by atoms with Crippen LogP contribution >= 0.6 is 11.8 Å². The topological polar surface area (TPSA) is 119 Å². The monoisotopic (exact) mass is 538 g/mol. The first-order valence-electron chi connectivity index (χ1n) is 13.0. The van der Waals surface area contributed by atoms with Gasteiger partial charge in [-0.3, -0.25) is 14.5 Å². The zero-order valence-electron chi connectivity index (χ0n) is 21.6. The average molecular weight is 539 g/mol. The lowest BCUT2D eigenvalue weighted by Crippen LogP contribution is -2.54. The van der Waals surface area contributed by atoms with Crippen molar-refractivity contribution in [2.75, 3.05) is 32.0 Å². The highest BCUT2D eigenvalue weighted by atomic mass is 32.2. The highest BCUT2D eigenvalue weighted by Gasteiger charge is 2.39. The molecule has 2 atom stereocenters. The van der Waals surface area contributed by atoms with Gasteiger partial charge in [0.05, 0.1) is 18.6 Å². The first-order chi connectivity index (χ1) is 18.5. The fourth-order valence-corrected chi connectivity index (χ4v) is 5.48. The minimum absolute atomic E-state index is 0.114. The number of fused-ring (bicyclic) bond motifs is 1. The van der Waals surface area contributed by atoms with E-state index in [1.807, 2.05) is 36.4 Å². The summed E-state index contributed by atoms with van der Waals surface area (Å²) in [6.45, 7) is 3.15. The van der Waals surface area contributed by atoms with Crippen molar-refractivity contribution >= 4 is 40.7 Å². The number of hydrogen-bond donors (Lipinski definition) is 1. The van der Waals surface area contributed by atoms with E-state index < -0.39 is 24.0 Å². The van der Waals surface area contributed by atoms with E-state index in [0.717, 1.165) is 17.7 Å². The minimum Gasteiger partial charge on any atom is -0.432 e. The van der Waals surface area contributed by atoms with Crippen molar-refractivity contribution in [1.82, 2.24) is 14.8 Å². The number of rotatable bonds is 11. The second-order valence-corrected chi connectivity index (χ2v) is 10.4. The highest BCUT2D eigenvalue weighted by Crippen LogP contribution is 2.27. The van der Waals surface area contributed by atoms with Gasteiger partial charge < -0.3 is 19.8 Å². The third-order valence-corrected chi connectivity index (χ3v) is 7.63. The molecule has 1 aliphatic rings. The van der Waals surface area contributed by atoms with Crippen LogP contribution < -0.4 is 5.73 Å². The molecule has 3 aromatic rings. The lowest BCUT2D eigenvalue weighted by molar-refractivity contribution is -0.141. The second kappa shape index (κ2) is 13.4. The molecule has 0 saturated carbocycles. The number of thioether (sulfide) groups is 1. The van der Waals surface area contributed by atoms with Gasteiger partial charge in [0.25, 0.3) is 5.89 Å². The molecule has 38 heavy (non-hydrogen) atoms. The number of hydrogen-bond acceptors (Lipinski definition) is 7. The van der Waals surface area contributed by atoms with Crippen LogP contribution in [0.4, 0.5) is 4.79 Å². The predicted molar refractivity (Wildman–Crippen MR) is 146 cm³/mol. The van der Waals surface area contributed by atoms with E-state index in [-0.39, 0.29) is 31.5 Å². The number of oxazole rings is 1. The molecule has 0 spiro atoms. The summed E-state index contributed by atoms with van der Waals surface area (Å²) in [5.74, 6) is -1.04. The van der Waals surface area contributed by atoms with Crippen LogP contribution in [0.5, 0.6) is 0 Å². The van der Waals surface area contributed by atoms with Gasteiger partial charge in [0.2, 0.25) is 5.91 Å². The van der Waals surface area contributed by atoms with Crippen molar-refractivity contribution in [3.8, 4) is 0 Å². The zero-order valence-corrected chi connectivity index (χ0v) is 22.4. The quantitative estimate of drug-likeness (QED) is 0.281. The van der Waals surface area contributed by atoms with Gasteiger partial charge in [-0.1, -0.05) is 50.1 Å². The first-order valence-corrected chi connectivity index (χ1v) is 14.0. The summed E-state index contributed by atoms with van der Waals surface area (Å²) in [7, 11) is 0. The number of ether oxygens (including phenoxy) is 1. The van der Waals surface area contributed by atoms with Crippen molar-refractivity contribution in [1.29, 1.82) is 0 Å². The zero-order chi connectivity index (χ0) is 26.9. The van der Waals surface area contributed by atoms with Crippen LogP contribution in [0.2, 0.25) is 0 Å². The van der Waals surface area contributed by atoms with E-state index in [4.69, 9.17) is 14.9 Å². The lowest BCUT2D eigenvalue weighted by atomic mass is 9.95. The molecule has 10 heteroatoms. The number of amides is 4. The normalized spacial score (nSPS) is 16.3. The smallest absolute Gasteiger partial charge is 0.316 e. The Bertz CT molecular complexity index is 1200. The summed E-state index contributed by atoms with van der Waals surface area (Å²) < 4.78 is 11.7. The fourth-order valence-electron chi connectivity index (χ4n) is 4.52. The molecule has 9 nitrogen and oxygen atoms in total. The first kappa shape index (κ1) is 27.7. The Morgan fingerprint density at radius 2 is 1.89 bits per heavy atom. The minimum atomic E-state index is -0.650. The molecule has 0 radical (unpaired) electrons. The number of benzene rings is 2. The largest absolute Gasteiger partial charge is 0.432 e. The number of nitrogens with zero attached hydrogens (tertiary/aromatic N) is 3. The summed E-state index contributed by atoms with van der Waals surface area (Å²) in [6, 6.07) is 16.5. The Balaban J connectivity index is 1.58. The number of morpholine rings is 1. The number of imide groups is 1. The summed E-state index contributed by atoms with van der Waals surface area (Å²) in [5, 5.41) is 0. The SMILES string of the molecule is CCCCCN(C(=O)c1nc2ccccc2o1)C(=O)C(CCSc1ccccc1)C1CN(C(N)=O)CCO1. The molecule has 202 valence electrons. The van der Waals surface area contributed by atoms with Gasteiger partial charge in [-0.25, -0.2) is 9.78 Å². The van der Waals surface area contributed by atoms with Gasteiger partial charge in [-0.15, -0.1) is 11.8 Å². The molecule has 0 bridgehead atoms. The number of carbonyl (C=O) groups excluding carboxylic acids is 3. The summed E-state index contributed by atoms with van der Waals surface area (Å²) in [6.07, 6.45) is 2.36. The third kappa shape index (κ3) is 6.93. The molecule has 2 aromatic carbocycles. The van der Waals surface area contributed by atoms with Gasteiger partial charge in [-0.2, -0.15) is 0 Å². The van der Waals surface area contributed by atoms with Crippen LogP contribution in [0.25, 0.3) is 11.1 Å². The molecule has 0 aliphatic carbocycles. The van der Waals surface area contributed by atoms with Crippen molar-refractivity contribution < 1.29 is 23.5 Å². The van der Waals surface area contributed by atoms with E-state index in [9.17, 15) is 14.4 Å². The van der Waals surface area contributed by atoms with Gasteiger partial charge in [-0.05, 0) is 42.9 Å². The number of nitrogens with two attached hydrogens (primary N) is 1. The molecular formula is C28H34N4O5S. The maximum Gasteiger partial charge on any atom is 0.316 e. The van der Waals surface area contributed by atoms with Crippen molar-refractivity contribution in [2.24, 2.45) is 11.7 Å². The van der Waals surface area contributed by atoms with Gasteiger partial charge in [0, 0.05) is 24.5 Å². The summed E-state index contributed by atoms with van der Waals surface area (Å²) in [5.41, 5.74) is 6.58. The number of primary amides is 1. The van der Waals surface area contributed by atoms with Crippen LogP contribution in [0.3, 0.4) is 0 Å². The number of carbonyl (C=O) groups is 3. The van der Waals surface area contributed by atoms with Crippen molar-refractivity contribution in [2.45, 2.75) is 43.6 Å². The van der Waals surface area contributed by atoms with Crippen LogP contribution in [0, 0.1) is 5.92 Å². The molecule has 4 rings (SSSR count). The maximum absolute atomic E-state index is 14.1. The maximum atomic E-state index is 14.1. The molecule has 2 heterocycles. The van der Waals surface area contributed by atoms with E-state index in [1.165, 1.54) is 9.80 Å². The standard InChI is InChI=1S/C28H34N4O5S/c1-2-3-9-15-32(27(34)25-30-22-12-7-8-13-23(22)37-25)26(33)21(14-18-38-20-10-5-4-6-11-20)24-19-31(28(29)35)16-17-36-24/h4-8,10-13,21,24H,2-3,9,14-19H2,1H3,(H2,29,35). The Morgan fingerprint density at radius 3 is 2.63 bits per heavy atom. The lowest BCUT2D eigenvalue weighted by Gasteiger charge is -2.37. The third-order valence-electron chi connectivity index (χ3n) is 6.59. The van der Waals surface area contributed by atoms with Crippen LogP contribution in [0.15, 0.2) is 63.9 Å². The number of urea groups is 1. The Kier molecular flexibility index (Phi) is 9.78. The average Bonchev–Trinajstić information content (AvgIpc) is 3.38. The Labute approximate surface area is 226 Å². The molecule has 2 N–H and O–H groups in total. The van der Waals surface area contributed by atoms with Crippen molar-refractivity contribution in [3.05, 3.63) is 60.5 Å². The van der Waals surface area contributed by atoms with Gasteiger partial charge >= 0.3 is 11.9 Å². The van der Waals surface area contributed by atoms with Gasteiger partial charge in [0.1, 0.15) is 5.52 Å². The van der Waals surface area contributed by atoms with E-state index in [1.54, 1.807) is 30.0 Å². The van der Waals surface area contributed by atoms with Crippen LogP contribution in [-0.4, -0.2) is 70.7 Å². The van der Waals surface area contributed by atoms with Crippen LogP contribution in [-0.2, 0) is 9.53 Å². The summed E-state index contributed by atoms with van der Waals surface area (Å²) in [4.78, 5) is 47.8. The van der Waals surface area contributed by atoms with E-state index in [0.29, 0.717) is 36.2 Å². The van der Waals surface area contributed by atoms with Gasteiger partial charge in [0.15, 0.2) is 5.58 Å². The molecule has 1 aliphatic heterocycles. The number of para-hydroxylation sites is 2. The fraction of sp³-hybridized carbons (Fsp3) is 0.429. The molecule has 1 fully saturated rings. The second-order valence-electron chi connectivity index (χ2n) is 9.24. The molecule has 2 unspecified atom stereocenters. The molecule has 1 aromatic heterocycles. The summed E-state index contributed by atoms with van der Waals surface area (Å²) >= 11 is 1.63. The Hall–Kier alpha value is -3.37. The predicted octanol–water partition coefficient (Wildman–Crippen LogP) is 4.56. The van der Waals surface area contributed by atoms with E-state index in [2.05, 4.69) is 11.9 Å². The van der Waals surface area contributed by atoms with Crippen molar-refractivity contribution in [3.63, 3.8) is 0 Å².